The zero-order valence-electron chi connectivity index (χ0n) is 8.54. The van der Waals surface area contributed by atoms with Gasteiger partial charge in [-0.1, -0.05) is 13.3 Å². The van der Waals surface area contributed by atoms with Gasteiger partial charge in [0.15, 0.2) is 0 Å². The Morgan fingerprint density at radius 2 is 1.58 bits per heavy atom. The molecular weight excluding hydrogens is 190 g/mol. The molecule has 0 aliphatic carbocycles. The highest BCUT2D eigenvalue weighted by molar-refractivity contribution is 7.79. The predicted molar refractivity (Wildman–Crippen MR) is 57.6 cm³/mol. The van der Waals surface area contributed by atoms with Crippen LogP contribution in [0.15, 0.2) is 0 Å². The van der Waals surface area contributed by atoms with Crippen LogP contribution in [0.3, 0.4) is 0 Å². The Morgan fingerprint density at radius 3 is 1.92 bits per heavy atom. The molecule has 0 aliphatic heterocycles. The first-order valence-electron chi connectivity index (χ1n) is 4.36. The topological polar surface area (TPSA) is 34.1 Å². The third kappa shape index (κ3) is 7.13. The summed E-state index contributed by atoms with van der Waals surface area (Å²) in [5, 5.41) is 0. The van der Waals surface area contributed by atoms with Gasteiger partial charge in [-0.3, -0.25) is 0 Å². The first kappa shape index (κ1) is 12.5. The molecule has 0 aromatic rings. The monoisotopic (exact) mass is 210 g/mol. The molecule has 2 nitrogen and oxygen atoms in total. The van der Waals surface area contributed by atoms with E-state index in [9.17, 15) is 9.13 Å². The van der Waals surface area contributed by atoms with E-state index in [1.165, 1.54) is 0 Å². The lowest BCUT2D eigenvalue weighted by Gasteiger charge is -2.14. The van der Waals surface area contributed by atoms with Crippen LogP contribution >= 0.6 is 14.3 Å². The van der Waals surface area contributed by atoms with E-state index < -0.39 is 14.3 Å². The van der Waals surface area contributed by atoms with E-state index in [0.717, 1.165) is 19.0 Å². The van der Waals surface area contributed by atoms with E-state index in [1.54, 1.807) is 20.0 Å². The lowest BCUT2D eigenvalue weighted by molar-refractivity contribution is 0.573. The summed E-state index contributed by atoms with van der Waals surface area (Å²) in [6.07, 6.45) is 2.82. The summed E-state index contributed by atoms with van der Waals surface area (Å²) < 4.78 is 23.2. The fraction of sp³-hybridized carbons (Fsp3) is 1.00. The second-order valence-corrected chi connectivity index (χ2v) is 11.4. The standard InChI is InChI=1S/C8H20O2P2/c1-5-6-7-12(4,10)8-11(2,3)9/h5-8H2,1-4H3. The van der Waals surface area contributed by atoms with Crippen LogP contribution in [0.25, 0.3) is 0 Å². The summed E-state index contributed by atoms with van der Waals surface area (Å²) in [5.74, 6) is 0.444. The largest absolute Gasteiger partial charge is 0.324 e. The van der Waals surface area contributed by atoms with E-state index in [4.69, 9.17) is 0 Å². The number of unbranched alkanes of at least 4 members (excludes halogenated alkanes) is 1. The molecule has 0 rings (SSSR count). The molecule has 0 heterocycles. The summed E-state index contributed by atoms with van der Waals surface area (Å²) in [7, 11) is -4.18. The van der Waals surface area contributed by atoms with Crippen molar-refractivity contribution in [3.05, 3.63) is 0 Å². The molecule has 0 aromatic heterocycles. The van der Waals surface area contributed by atoms with Gasteiger partial charge >= 0.3 is 0 Å². The van der Waals surface area contributed by atoms with Gasteiger partial charge in [-0.15, -0.1) is 0 Å². The summed E-state index contributed by atoms with van der Waals surface area (Å²) >= 11 is 0. The first-order valence-corrected chi connectivity index (χ1v) is 9.67. The van der Waals surface area contributed by atoms with Crippen LogP contribution in [0, 0.1) is 0 Å². The van der Waals surface area contributed by atoms with Gasteiger partial charge in [-0.05, 0) is 26.4 Å². The third-order valence-electron chi connectivity index (χ3n) is 1.62. The summed E-state index contributed by atoms with van der Waals surface area (Å²) in [6, 6.07) is 0. The van der Waals surface area contributed by atoms with Gasteiger partial charge in [0.2, 0.25) is 0 Å². The minimum absolute atomic E-state index is 0.444. The van der Waals surface area contributed by atoms with Gasteiger partial charge in [-0.2, -0.15) is 0 Å². The molecule has 0 aromatic carbocycles. The Morgan fingerprint density at radius 1 is 1.08 bits per heavy atom. The molecule has 0 aliphatic rings. The quantitative estimate of drug-likeness (QED) is 0.652. The fourth-order valence-corrected chi connectivity index (χ4v) is 8.60. The highest BCUT2D eigenvalue weighted by Crippen LogP contribution is 2.55. The smallest absolute Gasteiger partial charge is 0.0918 e. The van der Waals surface area contributed by atoms with Crippen LogP contribution in [0.1, 0.15) is 19.8 Å². The maximum Gasteiger partial charge on any atom is 0.0918 e. The Labute approximate surface area is 75.9 Å². The molecule has 0 saturated carbocycles. The minimum Gasteiger partial charge on any atom is -0.324 e. The van der Waals surface area contributed by atoms with E-state index in [2.05, 4.69) is 6.92 Å². The van der Waals surface area contributed by atoms with Crippen LogP contribution in [-0.4, -0.2) is 32.1 Å². The molecule has 1 atom stereocenters. The molecule has 0 spiro atoms. The molecule has 4 heteroatoms. The van der Waals surface area contributed by atoms with E-state index >= 15 is 0 Å². The van der Waals surface area contributed by atoms with Crippen molar-refractivity contribution in [3.8, 4) is 0 Å². The number of hydrogen-bond donors (Lipinski definition) is 0. The Hall–Kier alpha value is 0.460. The predicted octanol–water partition coefficient (Wildman–Crippen LogP) is 3.36. The van der Waals surface area contributed by atoms with Crippen molar-refractivity contribution in [2.24, 2.45) is 0 Å². The van der Waals surface area contributed by atoms with Crippen LogP contribution in [0.2, 0.25) is 0 Å². The second-order valence-electron chi connectivity index (χ2n) is 4.09. The fourth-order valence-electron chi connectivity index (χ4n) is 1.28. The molecule has 0 fully saturated rings. The Kier molecular flexibility index (Phi) is 4.81. The molecule has 1 unspecified atom stereocenters. The lowest BCUT2D eigenvalue weighted by atomic mass is 10.4. The molecule has 0 N–H and O–H groups in total. The highest BCUT2D eigenvalue weighted by atomic mass is 31.2. The molecular formula is C8H20O2P2. The Balaban J connectivity index is 4.05. The van der Waals surface area contributed by atoms with Gasteiger partial charge in [0.05, 0.1) is 20.2 Å². The third-order valence-corrected chi connectivity index (χ3v) is 8.00. The minimum atomic E-state index is -2.09. The van der Waals surface area contributed by atoms with Crippen molar-refractivity contribution in [2.45, 2.75) is 19.8 Å². The van der Waals surface area contributed by atoms with Gasteiger partial charge in [0.25, 0.3) is 0 Å². The zero-order chi connectivity index (χ0) is 9.83. The average Bonchev–Trinajstić information content (AvgIpc) is 1.78. The number of rotatable bonds is 5. The van der Waals surface area contributed by atoms with Crippen molar-refractivity contribution in [3.63, 3.8) is 0 Å². The molecule has 0 amide bonds. The molecule has 0 bridgehead atoms. The van der Waals surface area contributed by atoms with E-state index in [1.807, 2.05) is 0 Å². The summed E-state index contributed by atoms with van der Waals surface area (Å²) in [4.78, 5) is 0. The van der Waals surface area contributed by atoms with E-state index in [0.29, 0.717) is 5.90 Å². The van der Waals surface area contributed by atoms with Gasteiger partial charge < -0.3 is 9.13 Å². The average molecular weight is 210 g/mol. The maximum absolute atomic E-state index is 11.8. The zero-order valence-corrected chi connectivity index (χ0v) is 10.3. The Bertz CT molecular complexity index is 217. The summed E-state index contributed by atoms with van der Waals surface area (Å²) in [5.41, 5.74) is 0. The van der Waals surface area contributed by atoms with E-state index in [-0.39, 0.29) is 0 Å². The van der Waals surface area contributed by atoms with Crippen LogP contribution in [-0.2, 0) is 9.13 Å². The molecule has 0 radical (unpaired) electrons. The van der Waals surface area contributed by atoms with Crippen molar-refractivity contribution >= 4 is 14.3 Å². The SMILES string of the molecule is CCCCP(C)(=O)CP(C)(C)=O. The van der Waals surface area contributed by atoms with Crippen molar-refractivity contribution in [1.82, 2.24) is 0 Å². The number of hydrogen-bond acceptors (Lipinski definition) is 2. The lowest BCUT2D eigenvalue weighted by Crippen LogP contribution is -1.94. The van der Waals surface area contributed by atoms with Crippen molar-refractivity contribution < 1.29 is 9.13 Å². The van der Waals surface area contributed by atoms with Crippen LogP contribution < -0.4 is 0 Å². The highest BCUT2D eigenvalue weighted by Gasteiger charge is 2.21. The van der Waals surface area contributed by atoms with Crippen LogP contribution in [0.4, 0.5) is 0 Å². The van der Waals surface area contributed by atoms with Crippen molar-refractivity contribution in [2.75, 3.05) is 32.1 Å². The van der Waals surface area contributed by atoms with Gasteiger partial charge in [0, 0.05) is 6.16 Å². The molecule has 74 valence electrons. The molecule has 12 heavy (non-hydrogen) atoms. The normalized spacial score (nSPS) is 17.3. The van der Waals surface area contributed by atoms with Crippen LogP contribution in [0.5, 0.6) is 0 Å². The van der Waals surface area contributed by atoms with Gasteiger partial charge in [0.1, 0.15) is 0 Å². The van der Waals surface area contributed by atoms with Crippen molar-refractivity contribution in [1.29, 1.82) is 0 Å². The molecule has 0 saturated heterocycles. The first-order chi connectivity index (χ1) is 5.27. The van der Waals surface area contributed by atoms with Gasteiger partial charge in [-0.25, -0.2) is 0 Å². The maximum atomic E-state index is 11.8. The summed E-state index contributed by atoms with van der Waals surface area (Å²) in [6.45, 7) is 7.30. The second kappa shape index (κ2) is 4.63.